The van der Waals surface area contributed by atoms with E-state index in [0.29, 0.717) is 23.7 Å². The molecule has 0 unspecified atom stereocenters. The molecule has 0 saturated carbocycles. The highest BCUT2D eigenvalue weighted by Crippen LogP contribution is 2.21. The fourth-order valence-corrected chi connectivity index (χ4v) is 2.07. The number of ether oxygens (including phenoxy) is 1. The number of aromatic nitrogens is 2. The maximum absolute atomic E-state index is 11.6. The SMILES string of the molecule is CCOC(=O)c1cnc(-c2cccs2)nc1C. The minimum atomic E-state index is -0.372. The molecule has 0 amide bonds. The molecule has 0 aromatic carbocycles. The second-order valence-corrected chi connectivity index (χ2v) is 4.34. The van der Waals surface area contributed by atoms with E-state index in [9.17, 15) is 4.79 Å². The van der Waals surface area contributed by atoms with Crippen LogP contribution in [0.1, 0.15) is 23.0 Å². The Kier molecular flexibility index (Phi) is 3.49. The molecule has 17 heavy (non-hydrogen) atoms. The van der Waals surface area contributed by atoms with Crippen molar-refractivity contribution in [1.82, 2.24) is 9.97 Å². The molecule has 2 aromatic rings. The molecule has 0 aliphatic carbocycles. The third-order valence-electron chi connectivity index (χ3n) is 2.22. The summed E-state index contributed by atoms with van der Waals surface area (Å²) in [5, 5.41) is 1.97. The van der Waals surface area contributed by atoms with E-state index in [1.807, 2.05) is 17.5 Å². The minimum Gasteiger partial charge on any atom is -0.462 e. The fraction of sp³-hybridized carbons (Fsp3) is 0.250. The molecule has 0 aliphatic rings. The van der Waals surface area contributed by atoms with E-state index in [1.54, 1.807) is 25.2 Å². The third-order valence-corrected chi connectivity index (χ3v) is 3.08. The van der Waals surface area contributed by atoms with Gasteiger partial charge < -0.3 is 4.74 Å². The van der Waals surface area contributed by atoms with E-state index in [1.165, 1.54) is 6.20 Å². The number of aryl methyl sites for hydroxylation is 1. The molecule has 88 valence electrons. The Bertz CT molecular complexity index is 523. The van der Waals surface area contributed by atoms with Gasteiger partial charge in [-0.3, -0.25) is 0 Å². The highest BCUT2D eigenvalue weighted by atomic mass is 32.1. The van der Waals surface area contributed by atoms with Crippen LogP contribution in [0.2, 0.25) is 0 Å². The van der Waals surface area contributed by atoms with E-state index in [-0.39, 0.29) is 5.97 Å². The summed E-state index contributed by atoms with van der Waals surface area (Å²) in [5.41, 5.74) is 1.06. The summed E-state index contributed by atoms with van der Waals surface area (Å²) in [4.78, 5) is 21.1. The van der Waals surface area contributed by atoms with Gasteiger partial charge in [-0.25, -0.2) is 14.8 Å². The summed E-state index contributed by atoms with van der Waals surface area (Å²) < 4.78 is 4.92. The van der Waals surface area contributed by atoms with Gasteiger partial charge in [-0.05, 0) is 25.3 Å². The molecule has 0 atom stereocenters. The maximum Gasteiger partial charge on any atom is 0.341 e. The Labute approximate surface area is 103 Å². The summed E-state index contributed by atoms with van der Waals surface area (Å²) in [6, 6.07) is 3.89. The molecular formula is C12H12N2O2S. The number of thiophene rings is 1. The summed E-state index contributed by atoms with van der Waals surface area (Å²) >= 11 is 1.57. The first kappa shape index (κ1) is 11.7. The number of carbonyl (C=O) groups is 1. The number of hydrogen-bond donors (Lipinski definition) is 0. The van der Waals surface area contributed by atoms with Crippen molar-refractivity contribution >= 4 is 17.3 Å². The largest absolute Gasteiger partial charge is 0.462 e. The van der Waals surface area contributed by atoms with Gasteiger partial charge in [-0.2, -0.15) is 0 Å². The molecule has 2 aromatic heterocycles. The second-order valence-electron chi connectivity index (χ2n) is 3.39. The number of carbonyl (C=O) groups excluding carboxylic acids is 1. The van der Waals surface area contributed by atoms with Crippen LogP contribution < -0.4 is 0 Å². The average molecular weight is 248 g/mol. The van der Waals surface area contributed by atoms with Gasteiger partial charge in [0.2, 0.25) is 0 Å². The lowest BCUT2D eigenvalue weighted by molar-refractivity contribution is 0.0524. The lowest BCUT2D eigenvalue weighted by Crippen LogP contribution is -2.09. The number of esters is 1. The normalized spacial score (nSPS) is 10.2. The fourth-order valence-electron chi connectivity index (χ4n) is 1.40. The topological polar surface area (TPSA) is 52.1 Å². The zero-order valence-electron chi connectivity index (χ0n) is 9.64. The number of rotatable bonds is 3. The molecule has 0 spiro atoms. The highest BCUT2D eigenvalue weighted by molar-refractivity contribution is 7.13. The summed E-state index contributed by atoms with van der Waals surface area (Å²) in [5.74, 6) is 0.272. The molecule has 2 rings (SSSR count). The predicted octanol–water partition coefficient (Wildman–Crippen LogP) is 2.69. The Balaban J connectivity index is 2.32. The molecule has 0 saturated heterocycles. The van der Waals surface area contributed by atoms with Crippen molar-refractivity contribution in [1.29, 1.82) is 0 Å². The maximum atomic E-state index is 11.6. The monoisotopic (exact) mass is 248 g/mol. The minimum absolute atomic E-state index is 0.352. The van der Waals surface area contributed by atoms with E-state index in [2.05, 4.69) is 9.97 Å². The first-order valence-corrected chi connectivity index (χ1v) is 6.15. The quantitative estimate of drug-likeness (QED) is 0.784. The van der Waals surface area contributed by atoms with Crippen LogP contribution in [0.5, 0.6) is 0 Å². The Morgan fingerprint density at radius 3 is 2.94 bits per heavy atom. The van der Waals surface area contributed by atoms with Gasteiger partial charge >= 0.3 is 5.97 Å². The van der Waals surface area contributed by atoms with E-state index in [0.717, 1.165) is 4.88 Å². The number of hydrogen-bond acceptors (Lipinski definition) is 5. The van der Waals surface area contributed by atoms with Crippen molar-refractivity contribution in [2.24, 2.45) is 0 Å². The van der Waals surface area contributed by atoms with E-state index >= 15 is 0 Å². The molecule has 0 radical (unpaired) electrons. The van der Waals surface area contributed by atoms with Gasteiger partial charge in [0, 0.05) is 6.20 Å². The molecule has 4 nitrogen and oxygen atoms in total. The molecule has 0 N–H and O–H groups in total. The van der Waals surface area contributed by atoms with Gasteiger partial charge in [0.25, 0.3) is 0 Å². The number of nitrogens with zero attached hydrogens (tertiary/aromatic N) is 2. The summed E-state index contributed by atoms with van der Waals surface area (Å²) in [7, 11) is 0. The van der Waals surface area contributed by atoms with Crippen molar-refractivity contribution in [2.75, 3.05) is 6.61 Å². The van der Waals surface area contributed by atoms with Crippen LogP contribution >= 0.6 is 11.3 Å². The first-order chi connectivity index (χ1) is 8.22. The van der Waals surface area contributed by atoms with Crippen LogP contribution in [-0.4, -0.2) is 22.5 Å². The zero-order valence-corrected chi connectivity index (χ0v) is 10.5. The van der Waals surface area contributed by atoms with Crippen molar-refractivity contribution in [3.63, 3.8) is 0 Å². The molecule has 2 heterocycles. The standard InChI is InChI=1S/C12H12N2O2S/c1-3-16-12(15)9-7-13-11(14-8(9)2)10-5-4-6-17-10/h4-7H,3H2,1-2H3. The van der Waals surface area contributed by atoms with Crippen LogP contribution in [0, 0.1) is 6.92 Å². The van der Waals surface area contributed by atoms with E-state index in [4.69, 9.17) is 4.74 Å². The molecule has 0 bridgehead atoms. The van der Waals surface area contributed by atoms with Crippen LogP contribution in [0.3, 0.4) is 0 Å². The van der Waals surface area contributed by atoms with Gasteiger partial charge in [0.05, 0.1) is 22.7 Å². The van der Waals surface area contributed by atoms with Crippen LogP contribution in [0.4, 0.5) is 0 Å². The lowest BCUT2D eigenvalue weighted by atomic mass is 10.2. The smallest absolute Gasteiger partial charge is 0.341 e. The van der Waals surface area contributed by atoms with Gasteiger partial charge in [0.15, 0.2) is 5.82 Å². The Hall–Kier alpha value is -1.75. The summed E-state index contributed by atoms with van der Waals surface area (Å²) in [6.45, 7) is 3.91. The highest BCUT2D eigenvalue weighted by Gasteiger charge is 2.13. The molecule has 0 fully saturated rings. The molecule has 0 aliphatic heterocycles. The first-order valence-electron chi connectivity index (χ1n) is 5.27. The van der Waals surface area contributed by atoms with Crippen molar-refractivity contribution in [2.45, 2.75) is 13.8 Å². The van der Waals surface area contributed by atoms with Gasteiger partial charge in [0.1, 0.15) is 0 Å². The lowest BCUT2D eigenvalue weighted by Gasteiger charge is -2.05. The van der Waals surface area contributed by atoms with Crippen LogP contribution in [0.15, 0.2) is 23.7 Å². The Morgan fingerprint density at radius 1 is 1.53 bits per heavy atom. The predicted molar refractivity (Wildman–Crippen MR) is 66.0 cm³/mol. The second kappa shape index (κ2) is 5.05. The average Bonchev–Trinajstić information content (AvgIpc) is 2.82. The van der Waals surface area contributed by atoms with Gasteiger partial charge in [-0.15, -0.1) is 11.3 Å². The Morgan fingerprint density at radius 2 is 2.35 bits per heavy atom. The van der Waals surface area contributed by atoms with Crippen LogP contribution in [-0.2, 0) is 4.74 Å². The van der Waals surface area contributed by atoms with Crippen LogP contribution in [0.25, 0.3) is 10.7 Å². The van der Waals surface area contributed by atoms with Crippen molar-refractivity contribution in [3.05, 3.63) is 35.0 Å². The van der Waals surface area contributed by atoms with Crippen molar-refractivity contribution < 1.29 is 9.53 Å². The molecular weight excluding hydrogens is 236 g/mol. The van der Waals surface area contributed by atoms with Gasteiger partial charge in [-0.1, -0.05) is 6.07 Å². The summed E-state index contributed by atoms with van der Waals surface area (Å²) in [6.07, 6.45) is 1.52. The van der Waals surface area contributed by atoms with Crippen molar-refractivity contribution in [3.8, 4) is 10.7 Å². The third kappa shape index (κ3) is 2.50. The zero-order chi connectivity index (χ0) is 12.3. The molecule has 5 heteroatoms. The van der Waals surface area contributed by atoms with E-state index < -0.39 is 0 Å².